The van der Waals surface area contributed by atoms with Gasteiger partial charge >= 0.3 is 0 Å². The molecule has 7 heteroatoms. The number of halogens is 2. The molecule has 1 unspecified atom stereocenters. The van der Waals surface area contributed by atoms with Crippen LogP contribution in [0.1, 0.15) is 12.5 Å². The van der Waals surface area contributed by atoms with E-state index in [0.29, 0.717) is 5.56 Å². The third-order valence-corrected chi connectivity index (χ3v) is 4.57. The summed E-state index contributed by atoms with van der Waals surface area (Å²) in [5.41, 5.74) is 5.85. The minimum absolute atomic E-state index is 0. The Morgan fingerprint density at radius 3 is 2.56 bits per heavy atom. The number of rotatable bonds is 5. The maximum Gasteiger partial charge on any atom is 0.218 e. The predicted octanol–water partition coefficient (Wildman–Crippen LogP) is 1.36. The Morgan fingerprint density at radius 2 is 2.06 bits per heavy atom. The zero-order valence-electron chi connectivity index (χ0n) is 10.3. The third kappa shape index (κ3) is 4.53. The van der Waals surface area contributed by atoms with Crippen LogP contribution >= 0.6 is 12.4 Å². The lowest BCUT2D eigenvalue weighted by atomic mass is 10.2. The molecule has 0 amide bonds. The first-order valence-corrected chi connectivity index (χ1v) is 6.88. The Hall–Kier alpha value is -0.690. The first-order chi connectivity index (χ1) is 7.86. The Balaban J connectivity index is 0.00000289. The quantitative estimate of drug-likeness (QED) is 0.892. The van der Waals surface area contributed by atoms with E-state index < -0.39 is 15.8 Å². The normalized spacial score (nSPS) is 13.2. The predicted molar refractivity (Wildman–Crippen MR) is 72.6 cm³/mol. The number of nitrogens with two attached hydrogens (primary N) is 1. The molecular formula is C11H18ClFN2O2S. The van der Waals surface area contributed by atoms with E-state index in [2.05, 4.69) is 0 Å². The Morgan fingerprint density at radius 1 is 1.44 bits per heavy atom. The maximum atomic E-state index is 12.9. The van der Waals surface area contributed by atoms with E-state index in [1.54, 1.807) is 13.0 Å². The molecule has 0 fully saturated rings. The molecule has 0 aliphatic heterocycles. The van der Waals surface area contributed by atoms with Gasteiger partial charge in [-0.1, -0.05) is 12.1 Å². The highest BCUT2D eigenvalue weighted by Crippen LogP contribution is 2.12. The molecule has 4 nitrogen and oxygen atoms in total. The number of benzene rings is 1. The van der Waals surface area contributed by atoms with Gasteiger partial charge in [-0.3, -0.25) is 0 Å². The van der Waals surface area contributed by atoms with E-state index in [0.717, 1.165) is 0 Å². The zero-order chi connectivity index (χ0) is 13.1. The summed E-state index contributed by atoms with van der Waals surface area (Å²) in [6, 6.07) is 5.31. The fourth-order valence-corrected chi connectivity index (χ4v) is 2.80. The van der Waals surface area contributed by atoms with E-state index in [-0.39, 0.29) is 30.7 Å². The van der Waals surface area contributed by atoms with Crippen LogP contribution in [0.25, 0.3) is 0 Å². The fourth-order valence-electron chi connectivity index (χ4n) is 1.36. The van der Waals surface area contributed by atoms with Crippen molar-refractivity contribution in [3.8, 4) is 0 Å². The summed E-state index contributed by atoms with van der Waals surface area (Å²) in [7, 11) is -1.98. The number of hydrogen-bond donors (Lipinski definition) is 1. The van der Waals surface area contributed by atoms with Crippen molar-refractivity contribution in [1.29, 1.82) is 0 Å². The van der Waals surface area contributed by atoms with Crippen molar-refractivity contribution in [3.05, 3.63) is 35.6 Å². The lowest BCUT2D eigenvalue weighted by molar-refractivity contribution is 0.394. The van der Waals surface area contributed by atoms with Crippen LogP contribution in [0.2, 0.25) is 0 Å². The highest BCUT2D eigenvalue weighted by Gasteiger charge is 2.22. The number of likely N-dealkylation sites (N-methyl/N-ethyl adjacent to an activating group) is 1. The van der Waals surface area contributed by atoms with E-state index in [4.69, 9.17) is 5.73 Å². The first kappa shape index (κ1) is 17.3. The van der Waals surface area contributed by atoms with Crippen LogP contribution in [-0.2, 0) is 15.8 Å². The smallest absolute Gasteiger partial charge is 0.218 e. The second kappa shape index (κ2) is 7.04. The third-order valence-electron chi connectivity index (χ3n) is 2.64. The van der Waals surface area contributed by atoms with Crippen molar-refractivity contribution in [3.63, 3.8) is 0 Å². The largest absolute Gasteiger partial charge is 0.329 e. The van der Waals surface area contributed by atoms with Gasteiger partial charge in [0, 0.05) is 19.6 Å². The van der Waals surface area contributed by atoms with Crippen LogP contribution < -0.4 is 5.73 Å². The highest BCUT2D eigenvalue weighted by atomic mass is 35.5. The lowest BCUT2D eigenvalue weighted by Crippen LogP contribution is -2.40. The minimum Gasteiger partial charge on any atom is -0.329 e. The van der Waals surface area contributed by atoms with Crippen LogP contribution in [0.3, 0.4) is 0 Å². The first-order valence-electron chi connectivity index (χ1n) is 5.27. The Labute approximate surface area is 113 Å². The topological polar surface area (TPSA) is 63.4 Å². The van der Waals surface area contributed by atoms with E-state index in [1.807, 2.05) is 0 Å². The van der Waals surface area contributed by atoms with E-state index >= 15 is 0 Å². The van der Waals surface area contributed by atoms with Crippen LogP contribution in [-0.4, -0.2) is 32.4 Å². The molecule has 104 valence electrons. The second-order valence-corrected chi connectivity index (χ2v) is 6.02. The van der Waals surface area contributed by atoms with Crippen molar-refractivity contribution in [2.45, 2.75) is 18.7 Å². The van der Waals surface area contributed by atoms with Crippen molar-refractivity contribution in [2.24, 2.45) is 5.73 Å². The van der Waals surface area contributed by atoms with Gasteiger partial charge in [0.05, 0.1) is 5.75 Å². The molecule has 2 N–H and O–H groups in total. The average molecular weight is 297 g/mol. The van der Waals surface area contributed by atoms with Gasteiger partial charge in [-0.25, -0.2) is 17.1 Å². The molecule has 1 aromatic rings. The highest BCUT2D eigenvalue weighted by molar-refractivity contribution is 7.88. The van der Waals surface area contributed by atoms with Crippen molar-refractivity contribution in [2.75, 3.05) is 13.6 Å². The molecule has 0 spiro atoms. The molecule has 1 aromatic carbocycles. The summed E-state index contributed by atoms with van der Waals surface area (Å²) < 4.78 is 38.1. The molecule has 0 radical (unpaired) electrons. The van der Waals surface area contributed by atoms with Crippen LogP contribution in [0.5, 0.6) is 0 Å². The molecule has 0 aromatic heterocycles. The monoisotopic (exact) mass is 296 g/mol. The van der Waals surface area contributed by atoms with Gasteiger partial charge in [-0.2, -0.15) is 0 Å². The molecule has 0 heterocycles. The Kier molecular flexibility index (Phi) is 6.77. The van der Waals surface area contributed by atoms with Gasteiger partial charge in [0.25, 0.3) is 0 Å². The molecular weight excluding hydrogens is 279 g/mol. The summed E-state index contributed by atoms with van der Waals surface area (Å²) in [4.78, 5) is 0. The van der Waals surface area contributed by atoms with Gasteiger partial charge < -0.3 is 5.73 Å². The minimum atomic E-state index is -3.45. The van der Waals surface area contributed by atoms with Crippen LogP contribution in [0.15, 0.2) is 24.3 Å². The van der Waals surface area contributed by atoms with Crippen molar-refractivity contribution < 1.29 is 12.8 Å². The van der Waals surface area contributed by atoms with Gasteiger partial charge in [-0.05, 0) is 24.6 Å². The molecule has 0 saturated heterocycles. The number of hydrogen-bond acceptors (Lipinski definition) is 3. The van der Waals surface area contributed by atoms with E-state index in [9.17, 15) is 12.8 Å². The molecule has 0 aliphatic carbocycles. The molecule has 1 atom stereocenters. The molecule has 0 bridgehead atoms. The van der Waals surface area contributed by atoms with E-state index in [1.165, 1.54) is 29.6 Å². The molecule has 0 aliphatic rings. The summed E-state index contributed by atoms with van der Waals surface area (Å²) >= 11 is 0. The lowest BCUT2D eigenvalue weighted by Gasteiger charge is -2.22. The molecule has 1 rings (SSSR count). The zero-order valence-corrected chi connectivity index (χ0v) is 12.0. The summed E-state index contributed by atoms with van der Waals surface area (Å²) in [5.74, 6) is -0.654. The summed E-state index contributed by atoms with van der Waals surface area (Å²) in [5, 5.41) is 0. The van der Waals surface area contributed by atoms with Gasteiger partial charge in [-0.15, -0.1) is 12.4 Å². The average Bonchev–Trinajstić information content (AvgIpc) is 2.26. The summed E-state index contributed by atoms with van der Waals surface area (Å²) in [6.45, 7) is 1.97. The standard InChI is InChI=1S/C11H17FN2O2S.ClH/c1-9(7-13)14(2)17(15,16)8-10-4-3-5-11(12)6-10;/h3-6,9H,7-8,13H2,1-2H3;1H. The second-order valence-electron chi connectivity index (χ2n) is 3.99. The van der Waals surface area contributed by atoms with Gasteiger partial charge in [0.2, 0.25) is 10.0 Å². The summed E-state index contributed by atoms with van der Waals surface area (Å²) in [6.07, 6.45) is 0. The fraction of sp³-hybridized carbons (Fsp3) is 0.455. The van der Waals surface area contributed by atoms with Crippen molar-refractivity contribution >= 4 is 22.4 Å². The Bertz CT molecular complexity index is 482. The maximum absolute atomic E-state index is 12.9. The van der Waals surface area contributed by atoms with Crippen molar-refractivity contribution in [1.82, 2.24) is 4.31 Å². The molecule has 0 saturated carbocycles. The van der Waals surface area contributed by atoms with Crippen LogP contribution in [0, 0.1) is 5.82 Å². The van der Waals surface area contributed by atoms with Gasteiger partial charge in [0.15, 0.2) is 0 Å². The van der Waals surface area contributed by atoms with Crippen LogP contribution in [0.4, 0.5) is 4.39 Å². The number of sulfonamides is 1. The molecule has 18 heavy (non-hydrogen) atoms. The SMILES string of the molecule is CC(CN)N(C)S(=O)(=O)Cc1cccc(F)c1.Cl. The number of nitrogens with zero attached hydrogens (tertiary/aromatic N) is 1. The van der Waals surface area contributed by atoms with Gasteiger partial charge in [0.1, 0.15) is 5.82 Å².